The zero-order chi connectivity index (χ0) is 26.1. The number of benzene rings is 1. The molecule has 1 atom stereocenters. The Labute approximate surface area is 211 Å². The van der Waals surface area contributed by atoms with Crippen molar-refractivity contribution in [3.8, 4) is 11.5 Å². The van der Waals surface area contributed by atoms with E-state index in [1.54, 1.807) is 4.41 Å². The van der Waals surface area contributed by atoms with E-state index in [-0.39, 0.29) is 29.1 Å². The SMILES string of the molecule is CCCCCCCCCC(C)(CC)C1=NCN(NC(=O)c2c(OC)cc(C(F)(F)F)cc2OC)S1. The van der Waals surface area contributed by atoms with Crippen LogP contribution in [-0.4, -0.2) is 36.3 Å². The molecule has 0 fully saturated rings. The first-order valence-corrected chi connectivity index (χ1v) is 13.0. The highest BCUT2D eigenvalue weighted by molar-refractivity contribution is 8.12. The molecule has 0 saturated carbocycles. The molecule has 1 amide bonds. The number of carbonyl (C=O) groups is 1. The monoisotopic (exact) mass is 517 g/mol. The third-order valence-corrected chi connectivity index (χ3v) is 7.68. The molecule has 198 valence electrons. The van der Waals surface area contributed by atoms with Crippen molar-refractivity contribution in [2.24, 2.45) is 10.4 Å². The molecule has 35 heavy (non-hydrogen) atoms. The molecule has 0 bridgehead atoms. The van der Waals surface area contributed by atoms with Gasteiger partial charge in [0, 0.05) is 5.41 Å². The number of carbonyl (C=O) groups excluding carboxylic acids is 1. The number of aliphatic imine (C=N–C) groups is 1. The van der Waals surface area contributed by atoms with Crippen molar-refractivity contribution in [3.63, 3.8) is 0 Å². The highest BCUT2D eigenvalue weighted by Crippen LogP contribution is 2.40. The van der Waals surface area contributed by atoms with E-state index in [1.807, 2.05) is 0 Å². The van der Waals surface area contributed by atoms with E-state index in [1.165, 1.54) is 64.7 Å². The summed E-state index contributed by atoms with van der Waals surface area (Å²) in [5.41, 5.74) is 1.59. The summed E-state index contributed by atoms with van der Waals surface area (Å²) in [7, 11) is 2.43. The number of methoxy groups -OCH3 is 2. The number of alkyl halides is 3. The van der Waals surface area contributed by atoms with Gasteiger partial charge in [0.25, 0.3) is 5.91 Å². The number of unbranched alkanes of at least 4 members (excludes halogenated alkanes) is 6. The third-order valence-electron chi connectivity index (χ3n) is 6.45. The van der Waals surface area contributed by atoms with Crippen molar-refractivity contribution in [1.29, 1.82) is 0 Å². The second-order valence-electron chi connectivity index (χ2n) is 9.05. The van der Waals surface area contributed by atoms with Crippen LogP contribution in [0.25, 0.3) is 0 Å². The lowest BCUT2D eigenvalue weighted by atomic mass is 9.83. The second kappa shape index (κ2) is 13.4. The largest absolute Gasteiger partial charge is 0.496 e. The van der Waals surface area contributed by atoms with Gasteiger partial charge in [-0.05, 0) is 36.9 Å². The molecule has 1 aromatic carbocycles. The Morgan fingerprint density at radius 2 is 1.63 bits per heavy atom. The summed E-state index contributed by atoms with van der Waals surface area (Å²) < 4.78 is 51.4. The van der Waals surface area contributed by atoms with E-state index in [2.05, 4.69) is 31.2 Å². The first-order chi connectivity index (χ1) is 16.6. The van der Waals surface area contributed by atoms with E-state index < -0.39 is 17.6 Å². The first-order valence-electron chi connectivity index (χ1n) is 12.2. The van der Waals surface area contributed by atoms with Crippen molar-refractivity contribution in [3.05, 3.63) is 23.3 Å². The summed E-state index contributed by atoms with van der Waals surface area (Å²) in [5.74, 6) is -1.05. The Bertz CT molecular complexity index is 854. The van der Waals surface area contributed by atoms with Crippen LogP contribution in [0.2, 0.25) is 0 Å². The fourth-order valence-electron chi connectivity index (χ4n) is 4.03. The van der Waals surface area contributed by atoms with Gasteiger partial charge in [0.15, 0.2) is 0 Å². The molecule has 0 aliphatic carbocycles. The van der Waals surface area contributed by atoms with E-state index in [0.29, 0.717) is 0 Å². The van der Waals surface area contributed by atoms with Crippen molar-refractivity contribution in [1.82, 2.24) is 9.84 Å². The van der Waals surface area contributed by atoms with Gasteiger partial charge in [-0.15, -0.1) is 4.41 Å². The zero-order valence-corrected chi connectivity index (χ0v) is 22.2. The summed E-state index contributed by atoms with van der Waals surface area (Å²) in [4.78, 5) is 17.7. The van der Waals surface area contributed by atoms with Crippen LogP contribution in [0.5, 0.6) is 11.5 Å². The Hall–Kier alpha value is -1.94. The van der Waals surface area contributed by atoms with Crippen molar-refractivity contribution < 1.29 is 27.4 Å². The smallest absolute Gasteiger partial charge is 0.416 e. The lowest BCUT2D eigenvalue weighted by Crippen LogP contribution is -2.37. The van der Waals surface area contributed by atoms with Crippen LogP contribution >= 0.6 is 11.9 Å². The van der Waals surface area contributed by atoms with Crippen LogP contribution in [0.4, 0.5) is 13.2 Å². The number of hydrazine groups is 1. The molecule has 1 aliphatic rings. The maximum atomic E-state index is 13.2. The summed E-state index contributed by atoms with van der Waals surface area (Å²) in [6.45, 7) is 6.81. The maximum absolute atomic E-state index is 13.2. The molecule has 2 rings (SSSR count). The average molecular weight is 518 g/mol. The predicted octanol–water partition coefficient (Wildman–Crippen LogP) is 7.24. The number of ether oxygens (including phenoxy) is 2. The molecule has 0 saturated heterocycles. The average Bonchev–Trinajstić information content (AvgIpc) is 3.30. The van der Waals surface area contributed by atoms with Gasteiger partial charge in [-0.2, -0.15) is 13.2 Å². The Kier molecular flexibility index (Phi) is 11.2. The fraction of sp³-hybridized carbons (Fsp3) is 0.680. The first kappa shape index (κ1) is 29.3. The summed E-state index contributed by atoms with van der Waals surface area (Å²) in [6, 6.07) is 1.60. The van der Waals surface area contributed by atoms with Crippen molar-refractivity contribution >= 4 is 22.9 Å². The summed E-state index contributed by atoms with van der Waals surface area (Å²) in [5, 5.41) is 0.956. The second-order valence-corrected chi connectivity index (χ2v) is 10.1. The van der Waals surface area contributed by atoms with Crippen LogP contribution in [0.3, 0.4) is 0 Å². The van der Waals surface area contributed by atoms with Crippen molar-refractivity contribution in [2.75, 3.05) is 20.9 Å². The lowest BCUT2D eigenvalue weighted by molar-refractivity contribution is -0.137. The minimum absolute atomic E-state index is 0.0860. The van der Waals surface area contributed by atoms with Gasteiger partial charge in [0.2, 0.25) is 0 Å². The highest BCUT2D eigenvalue weighted by Gasteiger charge is 2.36. The minimum atomic E-state index is -4.59. The standard InChI is InChI=1S/C25H38F3N3O3S/c1-6-8-9-10-11-12-13-14-24(3,7-2)23-29-17-31(35-23)30-22(32)21-19(33-4)15-18(25(26,27)28)16-20(21)34-5/h15-16H,6-14,17H2,1-5H3,(H,30,32). The molecule has 10 heteroatoms. The topological polar surface area (TPSA) is 63.2 Å². The van der Waals surface area contributed by atoms with Gasteiger partial charge in [-0.1, -0.05) is 65.7 Å². The number of amides is 1. The number of hydrogen-bond acceptors (Lipinski definition) is 6. The van der Waals surface area contributed by atoms with Gasteiger partial charge in [0.1, 0.15) is 23.7 Å². The van der Waals surface area contributed by atoms with Crippen LogP contribution in [-0.2, 0) is 6.18 Å². The molecule has 1 aliphatic heterocycles. The molecular weight excluding hydrogens is 479 g/mol. The van der Waals surface area contributed by atoms with Gasteiger partial charge in [-0.25, -0.2) is 0 Å². The minimum Gasteiger partial charge on any atom is -0.496 e. The zero-order valence-electron chi connectivity index (χ0n) is 21.4. The van der Waals surface area contributed by atoms with Crippen LogP contribution < -0.4 is 14.9 Å². The van der Waals surface area contributed by atoms with Gasteiger partial charge in [-0.3, -0.25) is 15.2 Å². The number of hydrogen-bond donors (Lipinski definition) is 1. The van der Waals surface area contributed by atoms with Crippen LogP contribution in [0, 0.1) is 5.41 Å². The molecule has 0 spiro atoms. The van der Waals surface area contributed by atoms with Gasteiger partial charge < -0.3 is 9.47 Å². The van der Waals surface area contributed by atoms with E-state index in [9.17, 15) is 18.0 Å². The van der Waals surface area contributed by atoms with Crippen LogP contribution in [0.1, 0.15) is 94.5 Å². The molecule has 1 N–H and O–H groups in total. The molecule has 0 aromatic heterocycles. The molecule has 1 aromatic rings. The number of rotatable bonds is 14. The molecular formula is C25H38F3N3O3S. The molecule has 1 unspecified atom stereocenters. The van der Waals surface area contributed by atoms with Gasteiger partial charge in [0.05, 0.1) is 24.8 Å². The summed E-state index contributed by atoms with van der Waals surface area (Å²) in [6.07, 6.45) is 6.05. The normalized spacial score (nSPS) is 16.1. The predicted molar refractivity (Wildman–Crippen MR) is 135 cm³/mol. The van der Waals surface area contributed by atoms with E-state index in [0.717, 1.165) is 36.4 Å². The van der Waals surface area contributed by atoms with Crippen molar-refractivity contribution in [2.45, 2.75) is 84.7 Å². The Morgan fingerprint density at radius 3 is 2.14 bits per heavy atom. The number of halogens is 3. The van der Waals surface area contributed by atoms with Gasteiger partial charge >= 0.3 is 6.18 Å². The molecule has 1 heterocycles. The maximum Gasteiger partial charge on any atom is 0.416 e. The fourth-order valence-corrected chi connectivity index (χ4v) is 5.06. The molecule has 6 nitrogen and oxygen atoms in total. The Morgan fingerprint density at radius 1 is 1.06 bits per heavy atom. The lowest BCUT2D eigenvalue weighted by Gasteiger charge is -2.28. The number of nitrogens with one attached hydrogen (secondary N) is 1. The van der Waals surface area contributed by atoms with E-state index in [4.69, 9.17) is 9.47 Å². The van der Waals surface area contributed by atoms with Crippen LogP contribution in [0.15, 0.2) is 17.1 Å². The number of nitrogens with zero attached hydrogens (tertiary/aromatic N) is 2. The van der Waals surface area contributed by atoms with E-state index >= 15 is 0 Å². The summed E-state index contributed by atoms with van der Waals surface area (Å²) >= 11 is 1.36. The Balaban J connectivity index is 2.01. The molecule has 0 radical (unpaired) electrons. The third kappa shape index (κ3) is 8.03. The quantitative estimate of drug-likeness (QED) is 0.208. The highest BCUT2D eigenvalue weighted by atomic mass is 32.2.